The van der Waals surface area contributed by atoms with E-state index in [-0.39, 0.29) is 5.92 Å². The van der Waals surface area contributed by atoms with Crippen LogP contribution in [0.4, 0.5) is 0 Å². The lowest BCUT2D eigenvalue weighted by atomic mass is 10.0. The summed E-state index contributed by atoms with van der Waals surface area (Å²) in [6.07, 6.45) is 1.52. The van der Waals surface area contributed by atoms with Crippen LogP contribution in [0.5, 0.6) is 0 Å². The maximum Gasteiger partial charge on any atom is 0.140 e. The number of hydrogen-bond acceptors (Lipinski definition) is 2. The predicted molar refractivity (Wildman–Crippen MR) is 60.2 cm³/mol. The van der Waals surface area contributed by atoms with E-state index in [0.717, 1.165) is 15.1 Å². The van der Waals surface area contributed by atoms with Crippen molar-refractivity contribution < 1.29 is 4.79 Å². The number of carbonyl (C=O) groups is 1. The molecule has 13 heavy (non-hydrogen) atoms. The maximum absolute atomic E-state index is 11.5. The summed E-state index contributed by atoms with van der Waals surface area (Å²) in [6.45, 7) is 4.04. The first-order valence-electron chi connectivity index (χ1n) is 4.40. The van der Waals surface area contributed by atoms with Gasteiger partial charge in [0.05, 0.1) is 3.79 Å². The van der Waals surface area contributed by atoms with Crippen LogP contribution in [-0.4, -0.2) is 5.78 Å². The molecule has 1 atom stereocenters. The lowest BCUT2D eigenvalue weighted by Crippen LogP contribution is -2.11. The van der Waals surface area contributed by atoms with E-state index in [0.29, 0.717) is 12.2 Å². The lowest BCUT2D eigenvalue weighted by molar-refractivity contribution is -0.121. The second-order valence-corrected chi connectivity index (χ2v) is 5.71. The lowest BCUT2D eigenvalue weighted by Gasteiger charge is -2.04. The first-order chi connectivity index (χ1) is 6.13. The largest absolute Gasteiger partial charge is 0.299 e. The summed E-state index contributed by atoms with van der Waals surface area (Å²) in [5, 5.41) is 0. The van der Waals surface area contributed by atoms with Crippen LogP contribution in [0.15, 0.2) is 15.9 Å². The molecule has 1 heterocycles. The molecule has 1 rings (SSSR count). The topological polar surface area (TPSA) is 17.1 Å². The molecule has 0 saturated heterocycles. The van der Waals surface area contributed by atoms with Crippen molar-refractivity contribution in [3.8, 4) is 0 Å². The average Bonchev–Trinajstić information content (AvgIpc) is 2.49. The van der Waals surface area contributed by atoms with Crippen LogP contribution in [-0.2, 0) is 11.2 Å². The van der Waals surface area contributed by atoms with Crippen LogP contribution < -0.4 is 0 Å². The zero-order chi connectivity index (χ0) is 9.84. The quantitative estimate of drug-likeness (QED) is 0.808. The number of ketones is 1. The fourth-order valence-electron chi connectivity index (χ4n) is 1.02. The van der Waals surface area contributed by atoms with E-state index in [2.05, 4.69) is 15.9 Å². The molecule has 0 aliphatic carbocycles. The third kappa shape index (κ3) is 3.24. The summed E-state index contributed by atoms with van der Waals surface area (Å²) < 4.78 is 1.10. The second kappa shape index (κ2) is 4.91. The Kier molecular flexibility index (Phi) is 4.13. The first-order valence-corrected chi connectivity index (χ1v) is 6.01. The smallest absolute Gasteiger partial charge is 0.140 e. The van der Waals surface area contributed by atoms with E-state index >= 15 is 0 Å². The molecule has 1 aromatic heterocycles. The van der Waals surface area contributed by atoms with Crippen molar-refractivity contribution in [2.45, 2.75) is 26.7 Å². The van der Waals surface area contributed by atoms with Gasteiger partial charge in [-0.25, -0.2) is 0 Å². The minimum absolute atomic E-state index is 0.195. The van der Waals surface area contributed by atoms with Crippen LogP contribution in [0.3, 0.4) is 0 Å². The number of Topliss-reactive ketones (excluding diaryl/α,β-unsaturated/α-hetero) is 1. The van der Waals surface area contributed by atoms with Crippen LogP contribution >= 0.6 is 27.3 Å². The molecule has 0 N–H and O–H groups in total. The molecule has 0 fully saturated rings. The van der Waals surface area contributed by atoms with Crippen molar-refractivity contribution in [2.75, 3.05) is 0 Å². The Bertz CT molecular complexity index is 293. The zero-order valence-electron chi connectivity index (χ0n) is 7.84. The van der Waals surface area contributed by atoms with Gasteiger partial charge in [-0.05, 0) is 34.5 Å². The molecule has 0 bridgehead atoms. The van der Waals surface area contributed by atoms with Gasteiger partial charge >= 0.3 is 0 Å². The van der Waals surface area contributed by atoms with E-state index in [9.17, 15) is 4.79 Å². The molecule has 0 aliphatic heterocycles. The van der Waals surface area contributed by atoms with Crippen molar-refractivity contribution in [1.29, 1.82) is 0 Å². The second-order valence-electron chi connectivity index (χ2n) is 3.16. The van der Waals surface area contributed by atoms with Gasteiger partial charge in [-0.3, -0.25) is 4.79 Å². The first kappa shape index (κ1) is 10.9. The molecular formula is C10H13BrOS. The molecular weight excluding hydrogens is 248 g/mol. The highest BCUT2D eigenvalue weighted by atomic mass is 79.9. The molecule has 3 heteroatoms. The molecule has 72 valence electrons. The Morgan fingerprint density at radius 1 is 1.62 bits per heavy atom. The summed E-state index contributed by atoms with van der Waals surface area (Å²) in [5.74, 6) is 0.540. The van der Waals surface area contributed by atoms with Gasteiger partial charge < -0.3 is 0 Å². The molecule has 0 saturated carbocycles. The van der Waals surface area contributed by atoms with Crippen molar-refractivity contribution >= 4 is 33.0 Å². The summed E-state index contributed by atoms with van der Waals surface area (Å²) in [4.78, 5) is 12.7. The van der Waals surface area contributed by atoms with E-state index in [1.165, 1.54) is 0 Å². The Balaban J connectivity index is 2.54. The number of thiophene rings is 1. The Morgan fingerprint density at radius 3 is 2.77 bits per heavy atom. The Hall–Kier alpha value is -0.150. The van der Waals surface area contributed by atoms with E-state index < -0.39 is 0 Å². The van der Waals surface area contributed by atoms with Crippen molar-refractivity contribution in [3.05, 3.63) is 20.8 Å². The zero-order valence-corrected chi connectivity index (χ0v) is 10.2. The monoisotopic (exact) mass is 260 g/mol. The normalized spacial score (nSPS) is 12.8. The predicted octanol–water partition coefficient (Wildman–Crippen LogP) is 3.67. The molecule has 1 unspecified atom stereocenters. The van der Waals surface area contributed by atoms with Gasteiger partial charge in [0.2, 0.25) is 0 Å². The van der Waals surface area contributed by atoms with E-state index in [1.54, 1.807) is 11.3 Å². The highest BCUT2D eigenvalue weighted by Gasteiger charge is 2.11. The SMILES string of the molecule is CCC(C)C(=O)Cc1ccc(Br)s1. The summed E-state index contributed by atoms with van der Waals surface area (Å²) in [5.41, 5.74) is 0. The minimum atomic E-state index is 0.195. The highest BCUT2D eigenvalue weighted by molar-refractivity contribution is 9.11. The van der Waals surface area contributed by atoms with E-state index in [1.807, 2.05) is 26.0 Å². The van der Waals surface area contributed by atoms with Crippen LogP contribution in [0, 0.1) is 5.92 Å². The standard InChI is InChI=1S/C10H13BrOS/c1-3-7(2)9(12)6-8-4-5-10(11)13-8/h4-5,7H,3,6H2,1-2H3. The molecule has 1 aromatic rings. The van der Waals surface area contributed by atoms with Gasteiger partial charge in [0.1, 0.15) is 5.78 Å². The summed E-state index contributed by atoms with van der Waals surface area (Å²) in [7, 11) is 0. The average molecular weight is 261 g/mol. The number of hydrogen-bond donors (Lipinski definition) is 0. The number of rotatable bonds is 4. The minimum Gasteiger partial charge on any atom is -0.299 e. The van der Waals surface area contributed by atoms with Crippen molar-refractivity contribution in [3.63, 3.8) is 0 Å². The fraction of sp³-hybridized carbons (Fsp3) is 0.500. The van der Waals surface area contributed by atoms with Crippen LogP contribution in [0.1, 0.15) is 25.1 Å². The van der Waals surface area contributed by atoms with Gasteiger partial charge in [0.15, 0.2) is 0 Å². The summed E-state index contributed by atoms with van der Waals surface area (Å²) in [6, 6.07) is 4.00. The maximum atomic E-state index is 11.5. The van der Waals surface area contributed by atoms with Crippen LogP contribution in [0.25, 0.3) is 0 Å². The Labute approximate surface area is 91.3 Å². The van der Waals surface area contributed by atoms with Gasteiger partial charge in [-0.1, -0.05) is 13.8 Å². The van der Waals surface area contributed by atoms with Gasteiger partial charge in [0, 0.05) is 17.2 Å². The van der Waals surface area contributed by atoms with Crippen LogP contribution in [0.2, 0.25) is 0 Å². The molecule has 0 spiro atoms. The summed E-state index contributed by atoms with van der Waals surface area (Å²) >= 11 is 5.02. The Morgan fingerprint density at radius 2 is 2.31 bits per heavy atom. The van der Waals surface area contributed by atoms with Gasteiger partial charge in [0.25, 0.3) is 0 Å². The van der Waals surface area contributed by atoms with E-state index in [4.69, 9.17) is 0 Å². The van der Waals surface area contributed by atoms with Crippen molar-refractivity contribution in [1.82, 2.24) is 0 Å². The molecule has 1 nitrogen and oxygen atoms in total. The van der Waals surface area contributed by atoms with Gasteiger partial charge in [-0.2, -0.15) is 0 Å². The third-order valence-electron chi connectivity index (χ3n) is 2.14. The molecule has 0 aromatic carbocycles. The molecule has 0 amide bonds. The number of carbonyl (C=O) groups excluding carboxylic acids is 1. The fourth-order valence-corrected chi connectivity index (χ4v) is 2.51. The van der Waals surface area contributed by atoms with Gasteiger partial charge in [-0.15, -0.1) is 11.3 Å². The third-order valence-corrected chi connectivity index (χ3v) is 3.76. The molecule has 0 radical (unpaired) electrons. The highest BCUT2D eigenvalue weighted by Crippen LogP contribution is 2.23. The molecule has 0 aliphatic rings. The number of halogens is 1. The van der Waals surface area contributed by atoms with Crippen molar-refractivity contribution in [2.24, 2.45) is 5.92 Å².